The monoisotopic (exact) mass is 421 g/mol. The first kappa shape index (κ1) is 18.7. The summed E-state index contributed by atoms with van der Waals surface area (Å²) in [6.45, 7) is 0.826. The molecule has 0 radical (unpaired) electrons. The summed E-state index contributed by atoms with van der Waals surface area (Å²) in [4.78, 5) is 10.7. The Morgan fingerprint density at radius 2 is 1.80 bits per heavy atom. The van der Waals surface area contributed by atoms with E-state index >= 15 is 0 Å². The molecule has 7 heteroatoms. The molecule has 2 aromatic carbocycles. The van der Waals surface area contributed by atoms with Crippen molar-refractivity contribution in [2.24, 2.45) is 4.99 Å². The van der Waals surface area contributed by atoms with Gasteiger partial charge in [0.25, 0.3) is 0 Å². The first-order valence-electron chi connectivity index (χ1n) is 9.43. The van der Waals surface area contributed by atoms with Gasteiger partial charge in [-0.3, -0.25) is 0 Å². The van der Waals surface area contributed by atoms with Crippen LogP contribution >= 0.6 is 11.3 Å². The van der Waals surface area contributed by atoms with Crippen LogP contribution < -0.4 is 0 Å². The second-order valence-electron chi connectivity index (χ2n) is 7.12. The molecule has 4 nitrogen and oxygen atoms in total. The third-order valence-electron chi connectivity index (χ3n) is 5.10. The van der Waals surface area contributed by atoms with E-state index in [9.17, 15) is 8.78 Å². The van der Waals surface area contributed by atoms with Crippen molar-refractivity contribution in [2.75, 3.05) is 6.61 Å². The van der Waals surface area contributed by atoms with Crippen LogP contribution in [0.3, 0.4) is 0 Å². The average molecular weight is 421 g/mol. The molecular weight excluding hydrogens is 404 g/mol. The van der Waals surface area contributed by atoms with Crippen LogP contribution in [-0.4, -0.2) is 22.1 Å². The third-order valence-corrected chi connectivity index (χ3v) is 6.21. The zero-order valence-corrected chi connectivity index (χ0v) is 16.7. The SMILES string of the molecule is Fc1ccc(C2(Cn3ccnc3)COC(c3ccc(-c4ccccc4F)s3)=N2)cc1. The molecule has 1 unspecified atom stereocenters. The fraction of sp³-hybridized carbons (Fsp3) is 0.130. The average Bonchev–Trinajstić information content (AvgIpc) is 3.50. The van der Waals surface area contributed by atoms with Crippen molar-refractivity contribution in [1.82, 2.24) is 9.55 Å². The first-order valence-corrected chi connectivity index (χ1v) is 10.2. The van der Waals surface area contributed by atoms with Gasteiger partial charge in [-0.25, -0.2) is 18.8 Å². The van der Waals surface area contributed by atoms with Crippen LogP contribution in [0.4, 0.5) is 8.78 Å². The molecule has 150 valence electrons. The van der Waals surface area contributed by atoms with E-state index in [1.165, 1.54) is 29.5 Å². The highest BCUT2D eigenvalue weighted by atomic mass is 32.1. The number of aromatic nitrogens is 2. The lowest BCUT2D eigenvalue weighted by molar-refractivity contribution is 0.236. The largest absolute Gasteiger partial charge is 0.474 e. The van der Waals surface area contributed by atoms with Crippen LogP contribution in [0.5, 0.6) is 0 Å². The smallest absolute Gasteiger partial charge is 0.227 e. The summed E-state index contributed by atoms with van der Waals surface area (Å²) in [6.07, 6.45) is 5.29. The number of hydrogen-bond acceptors (Lipinski definition) is 4. The summed E-state index contributed by atoms with van der Waals surface area (Å²) < 4.78 is 35.6. The lowest BCUT2D eigenvalue weighted by Crippen LogP contribution is -2.31. The molecule has 0 N–H and O–H groups in total. The van der Waals surface area contributed by atoms with Gasteiger partial charge in [0.05, 0.1) is 17.7 Å². The van der Waals surface area contributed by atoms with Crippen LogP contribution in [0.15, 0.2) is 84.4 Å². The van der Waals surface area contributed by atoms with Crippen molar-refractivity contribution in [1.29, 1.82) is 0 Å². The summed E-state index contributed by atoms with van der Waals surface area (Å²) in [5.74, 6) is -0.0552. The molecule has 0 bridgehead atoms. The molecule has 0 saturated heterocycles. The van der Waals surface area contributed by atoms with E-state index in [1.54, 1.807) is 36.8 Å². The number of halogens is 2. The minimum atomic E-state index is -0.702. The fourth-order valence-corrected chi connectivity index (χ4v) is 4.57. The van der Waals surface area contributed by atoms with Crippen molar-refractivity contribution >= 4 is 17.2 Å². The number of nitrogens with zero attached hydrogens (tertiary/aromatic N) is 3. The van der Waals surface area contributed by atoms with E-state index in [1.807, 2.05) is 29.0 Å². The van der Waals surface area contributed by atoms with Crippen LogP contribution in [-0.2, 0) is 16.8 Å². The van der Waals surface area contributed by atoms with E-state index in [4.69, 9.17) is 9.73 Å². The highest BCUT2D eigenvalue weighted by Crippen LogP contribution is 2.37. The molecule has 0 amide bonds. The van der Waals surface area contributed by atoms with E-state index in [2.05, 4.69) is 4.98 Å². The summed E-state index contributed by atoms with van der Waals surface area (Å²) in [5.41, 5.74) is 0.709. The maximum absolute atomic E-state index is 14.2. The van der Waals surface area contributed by atoms with Gasteiger partial charge in [-0.05, 0) is 35.9 Å². The minimum absolute atomic E-state index is 0.263. The van der Waals surface area contributed by atoms with Gasteiger partial charge in [0.2, 0.25) is 5.90 Å². The molecule has 0 aliphatic carbocycles. The first-order chi connectivity index (χ1) is 14.6. The topological polar surface area (TPSA) is 39.4 Å². The molecule has 4 aromatic rings. The molecule has 0 saturated carbocycles. The van der Waals surface area contributed by atoms with Gasteiger partial charge in [-0.2, -0.15) is 0 Å². The highest BCUT2D eigenvalue weighted by Gasteiger charge is 2.40. The Bertz CT molecular complexity index is 1200. The van der Waals surface area contributed by atoms with Crippen molar-refractivity contribution < 1.29 is 13.5 Å². The number of thiophene rings is 1. The predicted molar refractivity (Wildman–Crippen MR) is 113 cm³/mol. The Balaban J connectivity index is 1.53. The maximum atomic E-state index is 14.2. The Hall–Kier alpha value is -3.32. The number of ether oxygens (including phenoxy) is 1. The van der Waals surface area contributed by atoms with Crippen molar-refractivity contribution in [3.05, 3.63) is 101 Å². The van der Waals surface area contributed by atoms with Crippen molar-refractivity contribution in [3.63, 3.8) is 0 Å². The summed E-state index contributed by atoms with van der Waals surface area (Å²) in [6, 6.07) is 16.8. The zero-order valence-electron chi connectivity index (χ0n) is 15.8. The quantitative estimate of drug-likeness (QED) is 0.441. The zero-order chi connectivity index (χ0) is 20.6. The molecule has 3 heterocycles. The van der Waals surface area contributed by atoms with Crippen molar-refractivity contribution in [2.45, 2.75) is 12.1 Å². The Labute approximate surface area is 176 Å². The highest BCUT2D eigenvalue weighted by molar-refractivity contribution is 7.17. The summed E-state index contributed by atoms with van der Waals surface area (Å²) >= 11 is 1.43. The van der Waals surface area contributed by atoms with Gasteiger partial charge in [0, 0.05) is 22.8 Å². The van der Waals surface area contributed by atoms with Crippen LogP contribution in [0.2, 0.25) is 0 Å². The number of imidazole rings is 1. The van der Waals surface area contributed by atoms with Gasteiger partial charge in [0.15, 0.2) is 0 Å². The molecule has 0 spiro atoms. The molecule has 1 aliphatic heterocycles. The van der Waals surface area contributed by atoms with E-state index in [0.29, 0.717) is 24.6 Å². The molecule has 30 heavy (non-hydrogen) atoms. The Morgan fingerprint density at radius 1 is 1.00 bits per heavy atom. The van der Waals surface area contributed by atoms with Crippen LogP contribution in [0.1, 0.15) is 10.4 Å². The molecular formula is C23H17F2N3OS. The lowest BCUT2D eigenvalue weighted by atomic mass is 9.91. The number of rotatable bonds is 5. The normalized spacial score (nSPS) is 18.3. The van der Waals surface area contributed by atoms with Gasteiger partial charge in [-0.1, -0.05) is 30.3 Å². The lowest BCUT2D eigenvalue weighted by Gasteiger charge is -2.25. The van der Waals surface area contributed by atoms with Crippen LogP contribution in [0, 0.1) is 11.6 Å². The van der Waals surface area contributed by atoms with Crippen LogP contribution in [0.25, 0.3) is 10.4 Å². The molecule has 1 atom stereocenters. The second-order valence-corrected chi connectivity index (χ2v) is 8.21. The molecule has 2 aromatic heterocycles. The molecule has 5 rings (SSSR count). The Morgan fingerprint density at radius 3 is 2.57 bits per heavy atom. The maximum Gasteiger partial charge on any atom is 0.227 e. The predicted octanol–water partition coefficient (Wildman–Crippen LogP) is 5.26. The summed E-state index contributed by atoms with van der Waals surface area (Å²) in [5, 5.41) is 0. The van der Waals surface area contributed by atoms with E-state index in [-0.39, 0.29) is 11.6 Å². The number of aliphatic imine (C=N–C) groups is 1. The minimum Gasteiger partial charge on any atom is -0.474 e. The molecule has 0 fully saturated rings. The van der Waals surface area contributed by atoms with Gasteiger partial charge < -0.3 is 9.30 Å². The molecule has 1 aliphatic rings. The van der Waals surface area contributed by atoms with E-state index < -0.39 is 5.54 Å². The summed E-state index contributed by atoms with van der Waals surface area (Å²) in [7, 11) is 0. The van der Waals surface area contributed by atoms with Gasteiger partial charge in [0.1, 0.15) is 23.8 Å². The van der Waals surface area contributed by atoms with Crippen molar-refractivity contribution in [3.8, 4) is 10.4 Å². The van der Waals surface area contributed by atoms with Gasteiger partial charge >= 0.3 is 0 Å². The van der Waals surface area contributed by atoms with Gasteiger partial charge in [-0.15, -0.1) is 11.3 Å². The fourth-order valence-electron chi connectivity index (χ4n) is 3.59. The standard InChI is InChI=1S/C23H17F2N3OS/c24-17-7-5-16(6-8-17)23(13-28-12-11-26-15-28)14-29-22(27-23)21-10-9-20(30-21)18-3-1-2-4-19(18)25/h1-12,15H,13-14H2. The van der Waals surface area contributed by atoms with E-state index in [0.717, 1.165) is 15.3 Å². The number of hydrogen-bond donors (Lipinski definition) is 0. The third kappa shape index (κ3) is 3.41. The Kier molecular flexibility index (Phi) is 4.67. The number of benzene rings is 2. The second kappa shape index (κ2) is 7.50.